The standard InChI is InChI=1S/C21H26N4O6/c1-15-19(16(2)31-23-15)22-20(27)25-9-11-30-21(14-25)13-24(8-10-29-21)18(26)12-28-17-6-4-3-5-7-17/h3-7H,8-14H2,1-2H3,(H,22,27). The second kappa shape index (κ2) is 8.94. The monoisotopic (exact) mass is 430 g/mol. The number of urea groups is 1. The van der Waals surface area contributed by atoms with Crippen LogP contribution in [0.25, 0.3) is 0 Å². The van der Waals surface area contributed by atoms with E-state index in [1.807, 2.05) is 18.2 Å². The number of para-hydroxylation sites is 1. The minimum Gasteiger partial charge on any atom is -0.484 e. The summed E-state index contributed by atoms with van der Waals surface area (Å²) in [6, 6.07) is 8.88. The third-order valence-electron chi connectivity index (χ3n) is 5.33. The molecular weight excluding hydrogens is 404 g/mol. The Hall–Kier alpha value is -3.11. The average Bonchev–Trinajstić information content (AvgIpc) is 3.10. The van der Waals surface area contributed by atoms with Crippen LogP contribution >= 0.6 is 0 Å². The molecule has 10 heteroatoms. The Bertz CT molecular complexity index is 910. The van der Waals surface area contributed by atoms with Gasteiger partial charge in [0, 0.05) is 13.1 Å². The number of morpholine rings is 2. The SMILES string of the molecule is Cc1noc(C)c1NC(=O)N1CCOC2(CN(C(=O)COc3ccccc3)CCO2)C1. The van der Waals surface area contributed by atoms with Gasteiger partial charge in [-0.1, -0.05) is 23.4 Å². The number of aromatic nitrogens is 1. The molecule has 2 aliphatic rings. The molecule has 31 heavy (non-hydrogen) atoms. The molecule has 2 aromatic rings. The van der Waals surface area contributed by atoms with Crippen LogP contribution in [0.1, 0.15) is 11.5 Å². The minimum atomic E-state index is -1.06. The highest BCUT2D eigenvalue weighted by Gasteiger charge is 2.44. The average molecular weight is 430 g/mol. The molecule has 4 rings (SSSR count). The third kappa shape index (κ3) is 4.80. The normalized spacial score (nSPS) is 21.2. The maximum absolute atomic E-state index is 12.8. The molecular formula is C21H26N4O6. The van der Waals surface area contributed by atoms with Crippen molar-refractivity contribution >= 4 is 17.6 Å². The highest BCUT2D eigenvalue weighted by atomic mass is 16.7. The quantitative estimate of drug-likeness (QED) is 0.788. The van der Waals surface area contributed by atoms with Crippen molar-refractivity contribution < 1.29 is 28.3 Å². The van der Waals surface area contributed by atoms with Crippen molar-refractivity contribution in [2.45, 2.75) is 19.6 Å². The van der Waals surface area contributed by atoms with Gasteiger partial charge in [-0.25, -0.2) is 4.79 Å². The molecule has 166 valence electrons. The minimum absolute atomic E-state index is 0.0731. The van der Waals surface area contributed by atoms with Gasteiger partial charge in [0.15, 0.2) is 12.4 Å². The zero-order valence-electron chi connectivity index (χ0n) is 17.6. The summed E-state index contributed by atoms with van der Waals surface area (Å²) >= 11 is 0. The van der Waals surface area contributed by atoms with Crippen LogP contribution in [-0.4, -0.2) is 78.7 Å². The molecule has 1 aromatic heterocycles. The summed E-state index contributed by atoms with van der Waals surface area (Å²) in [6.07, 6.45) is 0. The molecule has 1 N–H and O–H groups in total. The first kappa shape index (κ1) is 21.1. The van der Waals surface area contributed by atoms with E-state index >= 15 is 0 Å². The number of carbonyl (C=O) groups is 2. The number of anilines is 1. The van der Waals surface area contributed by atoms with Crippen molar-refractivity contribution in [3.8, 4) is 5.75 Å². The fourth-order valence-electron chi connectivity index (χ4n) is 3.68. The van der Waals surface area contributed by atoms with Crippen molar-refractivity contribution in [2.24, 2.45) is 0 Å². The first-order valence-electron chi connectivity index (χ1n) is 10.2. The van der Waals surface area contributed by atoms with Crippen LogP contribution in [0.15, 0.2) is 34.9 Å². The highest BCUT2D eigenvalue weighted by Crippen LogP contribution is 2.26. The Labute approximate surface area is 180 Å². The summed E-state index contributed by atoms with van der Waals surface area (Å²) in [5.74, 6) is -0.0464. The lowest BCUT2D eigenvalue weighted by molar-refractivity contribution is -0.284. The van der Waals surface area contributed by atoms with Crippen molar-refractivity contribution in [2.75, 3.05) is 51.3 Å². The zero-order valence-corrected chi connectivity index (χ0v) is 17.6. The molecule has 2 aliphatic heterocycles. The molecule has 1 atom stereocenters. The van der Waals surface area contributed by atoms with Crippen molar-refractivity contribution in [3.05, 3.63) is 41.8 Å². The van der Waals surface area contributed by atoms with Crippen molar-refractivity contribution in [1.82, 2.24) is 15.0 Å². The van der Waals surface area contributed by atoms with Gasteiger partial charge in [0.2, 0.25) is 5.79 Å². The van der Waals surface area contributed by atoms with E-state index in [9.17, 15) is 9.59 Å². The van der Waals surface area contributed by atoms with E-state index in [0.717, 1.165) is 0 Å². The number of carbonyl (C=O) groups excluding carboxylic acids is 2. The third-order valence-corrected chi connectivity index (χ3v) is 5.33. The Morgan fingerprint density at radius 3 is 2.45 bits per heavy atom. The summed E-state index contributed by atoms with van der Waals surface area (Å²) in [4.78, 5) is 28.8. The van der Waals surface area contributed by atoms with Gasteiger partial charge >= 0.3 is 6.03 Å². The maximum atomic E-state index is 12.8. The molecule has 0 radical (unpaired) electrons. The Kier molecular flexibility index (Phi) is 6.10. The Balaban J connectivity index is 1.36. The molecule has 1 spiro atoms. The lowest BCUT2D eigenvalue weighted by Crippen LogP contribution is -2.64. The number of benzene rings is 1. The molecule has 3 heterocycles. The number of amides is 3. The molecule has 1 unspecified atom stereocenters. The van der Waals surface area contributed by atoms with Crippen LogP contribution in [-0.2, 0) is 14.3 Å². The summed E-state index contributed by atoms with van der Waals surface area (Å²) in [7, 11) is 0. The van der Waals surface area contributed by atoms with Crippen LogP contribution in [0, 0.1) is 13.8 Å². The van der Waals surface area contributed by atoms with E-state index in [4.69, 9.17) is 18.7 Å². The van der Waals surface area contributed by atoms with Crippen molar-refractivity contribution in [3.63, 3.8) is 0 Å². The smallest absolute Gasteiger partial charge is 0.322 e. The number of nitrogens with zero attached hydrogens (tertiary/aromatic N) is 3. The molecule has 3 amide bonds. The van der Waals surface area contributed by atoms with Gasteiger partial charge in [0.1, 0.15) is 17.1 Å². The van der Waals surface area contributed by atoms with Gasteiger partial charge in [-0.3, -0.25) is 4.79 Å². The number of nitrogens with one attached hydrogen (secondary N) is 1. The Morgan fingerprint density at radius 1 is 1.10 bits per heavy atom. The second-order valence-corrected chi connectivity index (χ2v) is 7.58. The van der Waals surface area contributed by atoms with Gasteiger partial charge in [-0.15, -0.1) is 0 Å². The van der Waals surface area contributed by atoms with E-state index in [0.29, 0.717) is 49.2 Å². The fourth-order valence-corrected chi connectivity index (χ4v) is 3.68. The highest BCUT2D eigenvalue weighted by molar-refractivity contribution is 5.90. The maximum Gasteiger partial charge on any atom is 0.322 e. The molecule has 2 fully saturated rings. The first-order chi connectivity index (χ1) is 15.0. The van der Waals surface area contributed by atoms with Crippen LogP contribution in [0.3, 0.4) is 0 Å². The lowest BCUT2D eigenvalue weighted by Gasteiger charge is -2.47. The molecule has 0 bridgehead atoms. The van der Waals surface area contributed by atoms with Gasteiger partial charge in [0.25, 0.3) is 5.91 Å². The predicted molar refractivity (Wildman–Crippen MR) is 110 cm³/mol. The second-order valence-electron chi connectivity index (χ2n) is 7.58. The van der Waals surface area contributed by atoms with Gasteiger partial charge in [-0.2, -0.15) is 0 Å². The van der Waals surface area contributed by atoms with Crippen molar-refractivity contribution in [1.29, 1.82) is 0 Å². The van der Waals surface area contributed by atoms with Crippen LogP contribution in [0.5, 0.6) is 5.75 Å². The number of hydrogen-bond donors (Lipinski definition) is 1. The topological polar surface area (TPSA) is 106 Å². The van der Waals surface area contributed by atoms with E-state index in [2.05, 4.69) is 10.5 Å². The number of hydrogen-bond acceptors (Lipinski definition) is 7. The van der Waals surface area contributed by atoms with Crippen LogP contribution in [0.4, 0.5) is 10.5 Å². The van der Waals surface area contributed by atoms with Crippen LogP contribution in [0.2, 0.25) is 0 Å². The van der Waals surface area contributed by atoms with Gasteiger partial charge < -0.3 is 33.9 Å². The van der Waals surface area contributed by atoms with Crippen LogP contribution < -0.4 is 10.1 Å². The largest absolute Gasteiger partial charge is 0.484 e. The summed E-state index contributed by atoms with van der Waals surface area (Å²) < 4.78 is 22.5. The summed E-state index contributed by atoms with van der Waals surface area (Å²) in [5.41, 5.74) is 1.17. The fraction of sp³-hybridized carbons (Fsp3) is 0.476. The predicted octanol–water partition coefficient (Wildman–Crippen LogP) is 1.79. The number of ether oxygens (including phenoxy) is 3. The molecule has 0 aliphatic carbocycles. The summed E-state index contributed by atoms with van der Waals surface area (Å²) in [5, 5.41) is 6.69. The van der Waals surface area contributed by atoms with E-state index in [1.54, 1.807) is 35.8 Å². The molecule has 10 nitrogen and oxygen atoms in total. The first-order valence-corrected chi connectivity index (χ1v) is 10.2. The van der Waals surface area contributed by atoms with E-state index < -0.39 is 5.79 Å². The zero-order chi connectivity index (χ0) is 21.8. The van der Waals surface area contributed by atoms with Gasteiger partial charge in [0.05, 0.1) is 26.3 Å². The lowest BCUT2D eigenvalue weighted by atomic mass is 10.1. The van der Waals surface area contributed by atoms with E-state index in [-0.39, 0.29) is 31.6 Å². The number of aryl methyl sites for hydroxylation is 2. The van der Waals surface area contributed by atoms with E-state index in [1.165, 1.54) is 0 Å². The summed E-state index contributed by atoms with van der Waals surface area (Å²) in [6.45, 7) is 5.31. The molecule has 1 aromatic carbocycles. The molecule has 2 saturated heterocycles. The Morgan fingerprint density at radius 2 is 1.77 bits per heavy atom. The molecule has 0 saturated carbocycles. The van der Waals surface area contributed by atoms with Gasteiger partial charge in [-0.05, 0) is 26.0 Å². The number of rotatable bonds is 4.